The number of rotatable bonds is 5. The van der Waals surface area contributed by atoms with Gasteiger partial charge >= 0.3 is 6.03 Å². The van der Waals surface area contributed by atoms with Gasteiger partial charge in [0.25, 0.3) is 0 Å². The number of nitrogens with zero attached hydrogens (tertiary/aromatic N) is 2. The summed E-state index contributed by atoms with van der Waals surface area (Å²) in [7, 11) is 0. The lowest BCUT2D eigenvalue weighted by Crippen LogP contribution is -2.44. The van der Waals surface area contributed by atoms with Gasteiger partial charge in [0, 0.05) is 36.6 Å². The third kappa shape index (κ3) is 4.18. The molecular weight excluding hydrogens is 356 g/mol. The maximum atomic E-state index is 12.1. The van der Waals surface area contributed by atoms with Crippen LogP contribution in [0.2, 0.25) is 0 Å². The van der Waals surface area contributed by atoms with Crippen LogP contribution < -0.4 is 10.6 Å². The van der Waals surface area contributed by atoms with Gasteiger partial charge in [-0.3, -0.25) is 0 Å². The molecule has 1 aliphatic rings. The molecule has 3 aromatic rings. The summed E-state index contributed by atoms with van der Waals surface area (Å²) in [5.74, 6) is 0.575. The van der Waals surface area contributed by atoms with Crippen molar-refractivity contribution < 1.29 is 4.79 Å². The Balaban J connectivity index is 1.36. The molecule has 27 heavy (non-hydrogen) atoms. The van der Waals surface area contributed by atoms with Crippen LogP contribution in [0.5, 0.6) is 0 Å². The molecule has 0 unspecified atom stereocenters. The highest BCUT2D eigenvalue weighted by atomic mass is 32.1. The van der Waals surface area contributed by atoms with Gasteiger partial charge in [-0.2, -0.15) is 0 Å². The Morgan fingerprint density at radius 2 is 1.74 bits per heavy atom. The smallest absolute Gasteiger partial charge is 0.308 e. The molecular formula is C21H22N4OS. The van der Waals surface area contributed by atoms with Crippen molar-refractivity contribution in [2.75, 3.05) is 30.3 Å². The van der Waals surface area contributed by atoms with E-state index in [0.717, 1.165) is 36.6 Å². The standard InChI is InChI=1S/C21H22N4OS/c1-2-25-13-16(14-25)20-22-12-19(27-20)15-8-10-18(11-9-15)24-21(26)23-17-6-4-3-5-7-17/h3-12,16H,2,13-14H2,1H3,(H2,23,24,26). The summed E-state index contributed by atoms with van der Waals surface area (Å²) in [5, 5.41) is 6.89. The first-order chi connectivity index (χ1) is 13.2. The fraction of sp³-hybridized carbons (Fsp3) is 0.238. The SMILES string of the molecule is CCN1CC(c2ncc(-c3ccc(NC(=O)Nc4ccccc4)cc3)s2)C1. The van der Waals surface area contributed by atoms with Crippen LogP contribution in [-0.2, 0) is 0 Å². The van der Waals surface area contributed by atoms with Crippen LogP contribution in [0.1, 0.15) is 17.8 Å². The summed E-state index contributed by atoms with van der Waals surface area (Å²) in [6, 6.07) is 17.0. The Labute approximate surface area is 163 Å². The minimum Gasteiger partial charge on any atom is -0.308 e. The molecule has 0 aliphatic carbocycles. The molecule has 2 aromatic carbocycles. The Kier molecular flexibility index (Phi) is 5.18. The van der Waals surface area contributed by atoms with Gasteiger partial charge < -0.3 is 15.5 Å². The number of aromatic nitrogens is 1. The van der Waals surface area contributed by atoms with Crippen LogP contribution in [0.15, 0.2) is 60.8 Å². The summed E-state index contributed by atoms with van der Waals surface area (Å²) in [6.07, 6.45) is 1.96. The van der Waals surface area contributed by atoms with Crippen LogP contribution in [0, 0.1) is 0 Å². The lowest BCUT2D eigenvalue weighted by molar-refractivity contribution is 0.157. The first kappa shape index (κ1) is 17.7. The topological polar surface area (TPSA) is 57.3 Å². The van der Waals surface area contributed by atoms with Gasteiger partial charge in [0.15, 0.2) is 0 Å². The fourth-order valence-electron chi connectivity index (χ4n) is 3.13. The Bertz CT molecular complexity index is 901. The number of para-hydroxylation sites is 1. The van der Waals surface area contributed by atoms with Gasteiger partial charge in [0.2, 0.25) is 0 Å². The summed E-state index contributed by atoms with van der Waals surface area (Å²) < 4.78 is 0. The quantitative estimate of drug-likeness (QED) is 0.666. The molecule has 0 radical (unpaired) electrons. The van der Waals surface area contributed by atoms with Crippen molar-refractivity contribution in [2.24, 2.45) is 0 Å². The molecule has 1 fully saturated rings. The Morgan fingerprint density at radius 3 is 2.41 bits per heavy atom. The molecule has 0 atom stereocenters. The van der Waals surface area contributed by atoms with E-state index in [0.29, 0.717) is 5.92 Å². The van der Waals surface area contributed by atoms with E-state index in [-0.39, 0.29) is 6.03 Å². The highest BCUT2D eigenvalue weighted by Crippen LogP contribution is 2.34. The molecule has 0 spiro atoms. The van der Waals surface area contributed by atoms with Gasteiger partial charge in [-0.15, -0.1) is 11.3 Å². The van der Waals surface area contributed by atoms with E-state index >= 15 is 0 Å². The summed E-state index contributed by atoms with van der Waals surface area (Å²) in [5.41, 5.74) is 2.65. The second kappa shape index (κ2) is 7.90. The zero-order valence-corrected chi connectivity index (χ0v) is 16.0. The van der Waals surface area contributed by atoms with Crippen molar-refractivity contribution in [3.05, 3.63) is 65.8 Å². The van der Waals surface area contributed by atoms with E-state index in [1.54, 1.807) is 11.3 Å². The molecule has 1 aromatic heterocycles. The molecule has 0 saturated carbocycles. The molecule has 2 amide bonds. The first-order valence-electron chi connectivity index (χ1n) is 9.13. The van der Waals surface area contributed by atoms with Crippen LogP contribution in [0.25, 0.3) is 10.4 Å². The molecule has 1 saturated heterocycles. The number of thiazole rings is 1. The minimum absolute atomic E-state index is 0.250. The van der Waals surface area contributed by atoms with E-state index < -0.39 is 0 Å². The fourth-order valence-corrected chi connectivity index (χ4v) is 4.13. The highest BCUT2D eigenvalue weighted by Gasteiger charge is 2.29. The second-order valence-electron chi connectivity index (χ2n) is 6.63. The van der Waals surface area contributed by atoms with Gasteiger partial charge in [-0.25, -0.2) is 9.78 Å². The number of carbonyl (C=O) groups is 1. The van der Waals surface area contributed by atoms with Crippen LogP contribution >= 0.6 is 11.3 Å². The highest BCUT2D eigenvalue weighted by molar-refractivity contribution is 7.15. The van der Waals surface area contributed by atoms with Crippen molar-refractivity contribution in [1.29, 1.82) is 0 Å². The normalized spacial score (nSPS) is 14.6. The van der Waals surface area contributed by atoms with Gasteiger partial charge in [0.1, 0.15) is 0 Å². The average Bonchev–Trinajstić information content (AvgIpc) is 3.12. The maximum absolute atomic E-state index is 12.1. The lowest BCUT2D eigenvalue weighted by atomic mass is 10.0. The first-order valence-corrected chi connectivity index (χ1v) is 9.94. The Morgan fingerprint density at radius 1 is 1.07 bits per heavy atom. The number of likely N-dealkylation sites (N-methyl/N-ethyl adjacent to an activating group) is 1. The number of benzene rings is 2. The third-order valence-electron chi connectivity index (χ3n) is 4.74. The number of amides is 2. The van der Waals surface area contributed by atoms with Gasteiger partial charge in [-0.05, 0) is 36.4 Å². The van der Waals surface area contributed by atoms with Crippen LogP contribution in [0.4, 0.5) is 16.2 Å². The van der Waals surface area contributed by atoms with Crippen molar-refractivity contribution in [3.63, 3.8) is 0 Å². The average molecular weight is 379 g/mol. The monoisotopic (exact) mass is 378 g/mol. The van der Waals surface area contributed by atoms with E-state index in [9.17, 15) is 4.79 Å². The number of nitrogens with one attached hydrogen (secondary N) is 2. The van der Waals surface area contributed by atoms with Crippen molar-refractivity contribution in [2.45, 2.75) is 12.8 Å². The van der Waals surface area contributed by atoms with Crippen LogP contribution in [0.3, 0.4) is 0 Å². The predicted octanol–water partition coefficient (Wildman–Crippen LogP) is 4.87. The zero-order chi connectivity index (χ0) is 18.6. The number of hydrogen-bond acceptors (Lipinski definition) is 4. The summed E-state index contributed by atoms with van der Waals surface area (Å²) >= 11 is 1.77. The molecule has 2 heterocycles. The van der Waals surface area contributed by atoms with Crippen LogP contribution in [-0.4, -0.2) is 35.5 Å². The third-order valence-corrected chi connectivity index (χ3v) is 5.95. The molecule has 0 bridgehead atoms. The van der Waals surface area contributed by atoms with E-state index in [1.165, 1.54) is 9.88 Å². The predicted molar refractivity (Wildman–Crippen MR) is 111 cm³/mol. The number of anilines is 2. The molecule has 4 rings (SSSR count). The van der Waals surface area contributed by atoms with Crippen molar-refractivity contribution in [3.8, 4) is 10.4 Å². The summed E-state index contributed by atoms with van der Waals surface area (Å²) in [4.78, 5) is 20.3. The van der Waals surface area contributed by atoms with E-state index in [2.05, 4.69) is 27.4 Å². The minimum atomic E-state index is -0.250. The number of hydrogen-bond donors (Lipinski definition) is 2. The lowest BCUT2D eigenvalue weighted by Gasteiger charge is -2.37. The number of urea groups is 1. The second-order valence-corrected chi connectivity index (χ2v) is 7.70. The molecule has 138 valence electrons. The number of likely N-dealkylation sites (tertiary alicyclic amines) is 1. The van der Waals surface area contributed by atoms with Gasteiger partial charge in [0.05, 0.1) is 9.88 Å². The summed E-state index contributed by atoms with van der Waals surface area (Å²) in [6.45, 7) is 5.53. The Hall–Kier alpha value is -2.70. The van der Waals surface area contributed by atoms with Crippen molar-refractivity contribution in [1.82, 2.24) is 9.88 Å². The zero-order valence-electron chi connectivity index (χ0n) is 15.2. The van der Waals surface area contributed by atoms with E-state index in [4.69, 9.17) is 0 Å². The molecule has 2 N–H and O–H groups in total. The largest absolute Gasteiger partial charge is 0.323 e. The number of carbonyl (C=O) groups excluding carboxylic acids is 1. The maximum Gasteiger partial charge on any atom is 0.323 e. The van der Waals surface area contributed by atoms with Gasteiger partial charge in [-0.1, -0.05) is 37.3 Å². The molecule has 5 nitrogen and oxygen atoms in total. The molecule has 1 aliphatic heterocycles. The molecule has 6 heteroatoms. The van der Waals surface area contributed by atoms with E-state index in [1.807, 2.05) is 60.8 Å². The van der Waals surface area contributed by atoms with Crippen molar-refractivity contribution >= 4 is 28.7 Å².